The van der Waals surface area contributed by atoms with Gasteiger partial charge in [0.05, 0.1) is 26.9 Å². The molecule has 0 saturated carbocycles. The molecule has 0 saturated heterocycles. The van der Waals surface area contributed by atoms with E-state index >= 15 is 0 Å². The van der Waals surface area contributed by atoms with Crippen LogP contribution in [-0.4, -0.2) is 10.4 Å². The predicted octanol–water partition coefficient (Wildman–Crippen LogP) is 5.01. The van der Waals surface area contributed by atoms with Gasteiger partial charge in [0.1, 0.15) is 5.82 Å². The van der Waals surface area contributed by atoms with Gasteiger partial charge >= 0.3 is 0 Å². The Bertz CT molecular complexity index is 622. The summed E-state index contributed by atoms with van der Waals surface area (Å²) in [6.07, 6.45) is 6.42. The average molecular weight is 319 g/mol. The highest BCUT2D eigenvalue weighted by Crippen LogP contribution is 2.45. The van der Waals surface area contributed by atoms with Crippen LogP contribution in [0.5, 0.6) is 0 Å². The lowest BCUT2D eigenvalue weighted by atomic mass is 10.1. The van der Waals surface area contributed by atoms with Crippen molar-refractivity contribution in [2.75, 3.05) is 4.90 Å². The van der Waals surface area contributed by atoms with E-state index in [1.165, 1.54) is 12.1 Å². The first-order valence-electron chi connectivity index (χ1n) is 6.93. The summed E-state index contributed by atoms with van der Waals surface area (Å²) in [7, 11) is 0. The molecule has 1 aromatic heterocycles. The second kappa shape index (κ2) is 6.20. The van der Waals surface area contributed by atoms with Crippen LogP contribution in [0.2, 0.25) is 0 Å². The summed E-state index contributed by atoms with van der Waals surface area (Å²) in [4.78, 5) is 8.53. The van der Waals surface area contributed by atoms with Gasteiger partial charge < -0.3 is 4.90 Å². The Kier molecular flexibility index (Phi) is 4.31. The number of nitrogens with zero attached hydrogens (tertiary/aromatic N) is 2. The normalized spacial score (nSPS) is 19.7. The van der Waals surface area contributed by atoms with Gasteiger partial charge in [-0.2, -0.15) is 0 Å². The molecular formula is C16H16FN2S2. The number of anilines is 1. The third-order valence-electron chi connectivity index (χ3n) is 3.61. The third kappa shape index (κ3) is 2.99. The first-order valence-corrected chi connectivity index (χ1v) is 8.69. The molecule has 2 unspecified atom stereocenters. The van der Waals surface area contributed by atoms with Crippen LogP contribution in [-0.2, 0) is 0 Å². The third-order valence-corrected chi connectivity index (χ3v) is 5.99. The summed E-state index contributed by atoms with van der Waals surface area (Å²) in [5.41, 5.74) is 2.82. The van der Waals surface area contributed by atoms with Gasteiger partial charge in [-0.3, -0.25) is 4.98 Å². The highest BCUT2D eigenvalue weighted by atomic mass is 32.2. The molecule has 0 fully saturated rings. The highest BCUT2D eigenvalue weighted by Gasteiger charge is 2.32. The number of rotatable bonds is 4. The van der Waals surface area contributed by atoms with Crippen LogP contribution in [0.3, 0.4) is 0 Å². The van der Waals surface area contributed by atoms with E-state index in [0.717, 1.165) is 21.9 Å². The molecule has 5 heteroatoms. The van der Waals surface area contributed by atoms with Crippen molar-refractivity contribution in [1.82, 2.24) is 4.98 Å². The van der Waals surface area contributed by atoms with E-state index in [2.05, 4.69) is 29.9 Å². The molecule has 2 aromatic rings. The largest absolute Gasteiger partial charge is 0.326 e. The number of hydrogen-bond donors (Lipinski definition) is 0. The van der Waals surface area contributed by atoms with Gasteiger partial charge in [0.25, 0.3) is 0 Å². The van der Waals surface area contributed by atoms with E-state index in [0.29, 0.717) is 5.92 Å². The molecular weight excluding hydrogens is 303 g/mol. The summed E-state index contributed by atoms with van der Waals surface area (Å²) in [6, 6.07) is 6.63. The Hall–Kier alpha value is -1.33. The predicted molar refractivity (Wildman–Crippen MR) is 88.5 cm³/mol. The van der Waals surface area contributed by atoms with Crippen LogP contribution < -0.4 is 4.90 Å². The van der Waals surface area contributed by atoms with Gasteiger partial charge in [-0.15, -0.1) is 11.3 Å². The number of hydrogen-bond acceptors (Lipinski definition) is 4. The Balaban J connectivity index is 1.94. The monoisotopic (exact) mass is 319 g/mol. The zero-order valence-electron chi connectivity index (χ0n) is 11.9. The molecule has 0 spiro atoms. The van der Waals surface area contributed by atoms with E-state index < -0.39 is 0 Å². The molecule has 1 aliphatic heterocycles. The Morgan fingerprint density at radius 3 is 2.76 bits per heavy atom. The SMILES string of the molecule is CCC(C)C1SC(c2cncs2)=[C]N1c1ccc(F)cc1. The maximum atomic E-state index is 13.1. The van der Waals surface area contributed by atoms with Crippen LogP contribution in [0.25, 0.3) is 4.91 Å². The first-order chi connectivity index (χ1) is 10.2. The lowest BCUT2D eigenvalue weighted by Crippen LogP contribution is -2.30. The molecule has 1 radical (unpaired) electrons. The number of thioether (sulfide) groups is 1. The molecule has 0 amide bonds. The van der Waals surface area contributed by atoms with Gasteiger partial charge in [-0.1, -0.05) is 32.0 Å². The van der Waals surface area contributed by atoms with Gasteiger partial charge in [0.2, 0.25) is 0 Å². The highest BCUT2D eigenvalue weighted by molar-refractivity contribution is 8.09. The Morgan fingerprint density at radius 2 is 2.14 bits per heavy atom. The van der Waals surface area contributed by atoms with Crippen molar-refractivity contribution < 1.29 is 4.39 Å². The smallest absolute Gasteiger partial charge is 0.123 e. The van der Waals surface area contributed by atoms with Crippen molar-refractivity contribution in [3.8, 4) is 0 Å². The summed E-state index contributed by atoms with van der Waals surface area (Å²) < 4.78 is 13.1. The molecule has 2 atom stereocenters. The zero-order chi connectivity index (χ0) is 14.8. The maximum absolute atomic E-state index is 13.1. The number of halogens is 1. The van der Waals surface area contributed by atoms with Crippen molar-refractivity contribution in [3.63, 3.8) is 0 Å². The van der Waals surface area contributed by atoms with Crippen molar-refractivity contribution in [3.05, 3.63) is 52.9 Å². The summed E-state index contributed by atoms with van der Waals surface area (Å²) in [6.45, 7) is 4.43. The van der Waals surface area contributed by atoms with Crippen LogP contribution >= 0.6 is 23.1 Å². The van der Waals surface area contributed by atoms with Crippen LogP contribution in [0.4, 0.5) is 10.1 Å². The fourth-order valence-corrected chi connectivity index (χ4v) is 4.26. The first kappa shape index (κ1) is 14.6. The molecule has 1 aliphatic rings. The molecule has 1 aromatic carbocycles. The van der Waals surface area contributed by atoms with Crippen molar-refractivity contribution in [1.29, 1.82) is 0 Å². The van der Waals surface area contributed by atoms with E-state index in [1.807, 2.05) is 35.6 Å². The zero-order valence-corrected chi connectivity index (χ0v) is 13.5. The summed E-state index contributed by atoms with van der Waals surface area (Å²) in [5.74, 6) is 0.301. The van der Waals surface area contributed by atoms with E-state index in [4.69, 9.17) is 0 Å². The second-order valence-corrected chi connectivity index (χ2v) is 7.06. The number of benzene rings is 1. The molecule has 109 valence electrons. The van der Waals surface area contributed by atoms with Gasteiger partial charge in [0.15, 0.2) is 0 Å². The van der Waals surface area contributed by atoms with Crippen molar-refractivity contribution in [2.24, 2.45) is 5.92 Å². The van der Waals surface area contributed by atoms with E-state index in [9.17, 15) is 4.39 Å². The average Bonchev–Trinajstić information content (AvgIpc) is 3.16. The quantitative estimate of drug-likeness (QED) is 0.788. The molecule has 0 bridgehead atoms. The van der Waals surface area contributed by atoms with E-state index in [1.54, 1.807) is 11.3 Å². The van der Waals surface area contributed by atoms with Crippen LogP contribution in [0.1, 0.15) is 25.1 Å². The number of aromatic nitrogens is 1. The minimum absolute atomic E-state index is 0.211. The second-order valence-electron chi connectivity index (χ2n) is 5.05. The van der Waals surface area contributed by atoms with Gasteiger partial charge in [-0.25, -0.2) is 4.39 Å². The van der Waals surface area contributed by atoms with Gasteiger partial charge in [0, 0.05) is 11.9 Å². The topological polar surface area (TPSA) is 16.1 Å². The molecule has 3 rings (SSSR count). The Morgan fingerprint density at radius 1 is 1.38 bits per heavy atom. The minimum atomic E-state index is -0.211. The summed E-state index contributed by atoms with van der Waals surface area (Å²) in [5, 5.41) is 0.289. The maximum Gasteiger partial charge on any atom is 0.123 e. The van der Waals surface area contributed by atoms with Gasteiger partial charge in [-0.05, 0) is 30.2 Å². The molecule has 2 heterocycles. The lowest BCUT2D eigenvalue weighted by Gasteiger charge is -2.28. The minimum Gasteiger partial charge on any atom is -0.326 e. The van der Waals surface area contributed by atoms with Crippen LogP contribution in [0, 0.1) is 17.9 Å². The lowest BCUT2D eigenvalue weighted by molar-refractivity contribution is 0.536. The molecule has 21 heavy (non-hydrogen) atoms. The molecule has 2 nitrogen and oxygen atoms in total. The fraction of sp³-hybridized carbons (Fsp3) is 0.312. The van der Waals surface area contributed by atoms with Crippen LogP contribution in [0.15, 0.2) is 36.0 Å². The number of thiazole rings is 1. The fourth-order valence-electron chi connectivity index (χ4n) is 2.20. The standard InChI is InChI=1S/C16H16FN2S2/c1-3-11(2)16-19(13-6-4-12(17)5-7-13)9-15(21-16)14-8-18-10-20-14/h4-8,10-11,16H,3H2,1-2H3. The summed E-state index contributed by atoms with van der Waals surface area (Å²) >= 11 is 3.44. The Labute approximate surface area is 132 Å². The molecule has 0 aliphatic carbocycles. The molecule has 0 N–H and O–H groups in total. The van der Waals surface area contributed by atoms with E-state index in [-0.39, 0.29) is 11.2 Å². The van der Waals surface area contributed by atoms with Crippen molar-refractivity contribution >= 4 is 33.7 Å². The van der Waals surface area contributed by atoms with Crippen molar-refractivity contribution in [2.45, 2.75) is 25.6 Å².